The van der Waals surface area contributed by atoms with Gasteiger partial charge < -0.3 is 4.90 Å². The Bertz CT molecular complexity index is 892. The first-order chi connectivity index (χ1) is 13.8. The number of carbonyl (C=O) groups excluding carboxylic acids is 2. The second kappa shape index (κ2) is 7.71. The maximum absolute atomic E-state index is 13.6. The molecule has 1 aromatic rings. The number of Topliss-reactive ketones (excluding diaryl/α,β-unsaturated/α-hetero) is 1. The van der Waals surface area contributed by atoms with Crippen LogP contribution in [0.2, 0.25) is 5.02 Å². The van der Waals surface area contributed by atoms with Crippen molar-refractivity contribution in [2.24, 2.45) is 16.3 Å². The predicted octanol–water partition coefficient (Wildman–Crippen LogP) is 5.17. The first-order valence-corrected chi connectivity index (χ1v) is 11.0. The highest BCUT2D eigenvalue weighted by Gasteiger charge is 2.46. The van der Waals surface area contributed by atoms with Crippen molar-refractivity contribution in [1.82, 2.24) is 4.90 Å². The number of amides is 1. The molecule has 3 aliphatic rings. The van der Waals surface area contributed by atoms with E-state index in [4.69, 9.17) is 16.6 Å². The van der Waals surface area contributed by atoms with Gasteiger partial charge >= 0.3 is 0 Å². The third-order valence-electron chi connectivity index (χ3n) is 6.47. The van der Waals surface area contributed by atoms with E-state index >= 15 is 0 Å². The largest absolute Gasteiger partial charge is 0.342 e. The minimum atomic E-state index is -0.418. The van der Waals surface area contributed by atoms with E-state index in [2.05, 4.69) is 13.8 Å². The third-order valence-corrected chi connectivity index (χ3v) is 6.72. The van der Waals surface area contributed by atoms with Gasteiger partial charge in [-0.05, 0) is 55.7 Å². The molecule has 2 aliphatic heterocycles. The van der Waals surface area contributed by atoms with Crippen LogP contribution in [0.25, 0.3) is 0 Å². The molecule has 4 rings (SSSR count). The van der Waals surface area contributed by atoms with Crippen molar-refractivity contribution in [1.29, 1.82) is 0 Å². The van der Waals surface area contributed by atoms with Crippen LogP contribution in [0.3, 0.4) is 0 Å². The zero-order valence-corrected chi connectivity index (χ0v) is 18.3. The standard InChI is InChI=1S/C24H29ClN2O2/c1-15-20(23(29)27-11-5-4-6-12-27)21(16-7-9-17(25)10-8-16)22-18(26-15)13-24(2,3)14-19(22)28/h7-10,20-21H,4-6,11-14H2,1-3H3/t20?,21-/m1/s1. The summed E-state index contributed by atoms with van der Waals surface area (Å²) in [4.78, 5) is 33.7. The normalized spacial score (nSPS) is 26.8. The molecule has 1 aromatic carbocycles. The highest BCUT2D eigenvalue weighted by molar-refractivity contribution is 6.30. The summed E-state index contributed by atoms with van der Waals surface area (Å²) in [7, 11) is 0. The van der Waals surface area contributed by atoms with Crippen molar-refractivity contribution in [3.63, 3.8) is 0 Å². The quantitative estimate of drug-likeness (QED) is 0.672. The molecule has 0 aromatic heterocycles. The number of hydrogen-bond donors (Lipinski definition) is 0. The summed E-state index contributed by atoms with van der Waals surface area (Å²) in [6.45, 7) is 7.76. The van der Waals surface area contributed by atoms with E-state index in [0.717, 1.165) is 54.9 Å². The number of allylic oxidation sites excluding steroid dienone is 2. The lowest BCUT2D eigenvalue weighted by Crippen LogP contribution is -2.46. The molecule has 0 saturated carbocycles. The molecule has 0 bridgehead atoms. The van der Waals surface area contributed by atoms with Crippen LogP contribution in [-0.4, -0.2) is 35.4 Å². The molecule has 29 heavy (non-hydrogen) atoms. The maximum atomic E-state index is 13.6. The summed E-state index contributed by atoms with van der Waals surface area (Å²) in [5.41, 5.74) is 3.30. The van der Waals surface area contributed by atoms with Crippen LogP contribution in [-0.2, 0) is 9.59 Å². The fourth-order valence-corrected chi connectivity index (χ4v) is 5.23. The minimum absolute atomic E-state index is 0.103. The van der Waals surface area contributed by atoms with Gasteiger partial charge in [0.15, 0.2) is 5.78 Å². The van der Waals surface area contributed by atoms with Gasteiger partial charge in [0.2, 0.25) is 5.91 Å². The Morgan fingerprint density at radius 1 is 1.10 bits per heavy atom. The Hall–Kier alpha value is -1.94. The van der Waals surface area contributed by atoms with E-state index in [1.807, 2.05) is 36.1 Å². The summed E-state index contributed by atoms with van der Waals surface area (Å²) in [5.74, 6) is -0.463. The number of likely N-dealkylation sites (tertiary alicyclic amines) is 1. The lowest BCUT2D eigenvalue weighted by atomic mass is 9.66. The Balaban J connectivity index is 1.81. The predicted molar refractivity (Wildman–Crippen MR) is 116 cm³/mol. The van der Waals surface area contributed by atoms with Gasteiger partial charge in [0.1, 0.15) is 0 Å². The number of carbonyl (C=O) groups is 2. The minimum Gasteiger partial charge on any atom is -0.342 e. The van der Waals surface area contributed by atoms with Crippen LogP contribution >= 0.6 is 11.6 Å². The van der Waals surface area contributed by atoms with Crippen molar-refractivity contribution < 1.29 is 9.59 Å². The van der Waals surface area contributed by atoms with E-state index in [-0.39, 0.29) is 23.0 Å². The van der Waals surface area contributed by atoms with Gasteiger partial charge in [0, 0.05) is 47.4 Å². The molecule has 5 heteroatoms. The summed E-state index contributed by atoms with van der Waals surface area (Å²) in [6.07, 6.45) is 4.52. The molecule has 2 atom stereocenters. The van der Waals surface area contributed by atoms with Crippen LogP contribution < -0.4 is 0 Å². The van der Waals surface area contributed by atoms with E-state index in [9.17, 15) is 9.59 Å². The van der Waals surface area contributed by atoms with Gasteiger partial charge in [-0.1, -0.05) is 37.6 Å². The van der Waals surface area contributed by atoms with E-state index in [1.54, 1.807) is 0 Å². The molecule has 154 valence electrons. The second-order valence-corrected chi connectivity index (χ2v) is 9.88. The van der Waals surface area contributed by atoms with Crippen LogP contribution in [0.5, 0.6) is 0 Å². The molecule has 1 amide bonds. The first kappa shape index (κ1) is 20.3. The van der Waals surface area contributed by atoms with Gasteiger partial charge in [0.25, 0.3) is 0 Å². The highest BCUT2D eigenvalue weighted by Crippen LogP contribution is 2.48. The van der Waals surface area contributed by atoms with Crippen molar-refractivity contribution in [2.45, 2.75) is 58.8 Å². The number of piperidine rings is 1. The number of benzene rings is 1. The van der Waals surface area contributed by atoms with Gasteiger partial charge in [-0.2, -0.15) is 0 Å². The smallest absolute Gasteiger partial charge is 0.232 e. The van der Waals surface area contributed by atoms with Gasteiger partial charge in [-0.15, -0.1) is 0 Å². The zero-order chi connectivity index (χ0) is 20.8. The van der Waals surface area contributed by atoms with Crippen LogP contribution in [0.15, 0.2) is 40.5 Å². The van der Waals surface area contributed by atoms with Gasteiger partial charge in [-0.3, -0.25) is 14.6 Å². The lowest BCUT2D eigenvalue weighted by molar-refractivity contribution is -0.134. The topological polar surface area (TPSA) is 49.7 Å². The van der Waals surface area contributed by atoms with E-state index in [1.165, 1.54) is 6.42 Å². The highest BCUT2D eigenvalue weighted by atomic mass is 35.5. The molecule has 1 fully saturated rings. The Morgan fingerprint density at radius 3 is 2.41 bits per heavy atom. The molecular weight excluding hydrogens is 384 g/mol. The molecule has 1 saturated heterocycles. The summed E-state index contributed by atoms with van der Waals surface area (Å²) in [5, 5.41) is 0.652. The SMILES string of the molecule is CC1=NC2=C(C(=O)CC(C)(C)C2)[C@H](c2ccc(Cl)cc2)C1C(=O)N1CCCCC1. The zero-order valence-electron chi connectivity index (χ0n) is 17.5. The van der Waals surface area contributed by atoms with Crippen molar-refractivity contribution in [3.05, 3.63) is 46.1 Å². The van der Waals surface area contributed by atoms with Gasteiger partial charge in [-0.25, -0.2) is 0 Å². The second-order valence-electron chi connectivity index (χ2n) is 9.45. The molecule has 0 radical (unpaired) electrons. The Morgan fingerprint density at radius 2 is 1.76 bits per heavy atom. The first-order valence-electron chi connectivity index (χ1n) is 10.6. The van der Waals surface area contributed by atoms with Crippen molar-refractivity contribution >= 4 is 29.0 Å². The fraction of sp³-hybridized carbons (Fsp3) is 0.542. The Labute approximate surface area is 178 Å². The number of rotatable bonds is 2. The van der Waals surface area contributed by atoms with Crippen molar-refractivity contribution in [3.8, 4) is 0 Å². The number of ketones is 1. The van der Waals surface area contributed by atoms with Crippen molar-refractivity contribution in [2.75, 3.05) is 13.1 Å². The molecule has 0 spiro atoms. The van der Waals surface area contributed by atoms with E-state index < -0.39 is 5.92 Å². The van der Waals surface area contributed by atoms with Crippen LogP contribution in [0.4, 0.5) is 0 Å². The summed E-state index contributed by atoms with van der Waals surface area (Å²) >= 11 is 6.13. The molecular formula is C24H29ClN2O2. The molecule has 4 nitrogen and oxygen atoms in total. The van der Waals surface area contributed by atoms with Crippen LogP contribution in [0, 0.1) is 11.3 Å². The van der Waals surface area contributed by atoms with E-state index in [0.29, 0.717) is 11.4 Å². The summed E-state index contributed by atoms with van der Waals surface area (Å²) in [6, 6.07) is 7.61. The number of hydrogen-bond acceptors (Lipinski definition) is 3. The number of aliphatic imine (C=N–C) groups is 1. The Kier molecular flexibility index (Phi) is 5.41. The molecule has 2 heterocycles. The maximum Gasteiger partial charge on any atom is 0.232 e. The third kappa shape index (κ3) is 3.92. The lowest BCUT2D eigenvalue weighted by Gasteiger charge is -2.41. The monoisotopic (exact) mass is 412 g/mol. The summed E-state index contributed by atoms with van der Waals surface area (Å²) < 4.78 is 0. The number of halogens is 1. The fourth-order valence-electron chi connectivity index (χ4n) is 5.11. The van der Waals surface area contributed by atoms with Gasteiger partial charge in [0.05, 0.1) is 5.92 Å². The molecule has 0 N–H and O–H groups in total. The average Bonchev–Trinajstić information content (AvgIpc) is 2.67. The molecule has 1 unspecified atom stereocenters. The van der Waals surface area contributed by atoms with Crippen LogP contribution in [0.1, 0.15) is 64.4 Å². The number of nitrogens with zero attached hydrogens (tertiary/aromatic N) is 2. The molecule has 1 aliphatic carbocycles. The average molecular weight is 413 g/mol.